The first-order valence-corrected chi connectivity index (χ1v) is 6.08. The molecule has 0 fully saturated rings. The third kappa shape index (κ3) is 4.75. The second-order valence-corrected chi connectivity index (χ2v) is 5.25. The van der Waals surface area contributed by atoms with Crippen molar-refractivity contribution in [2.24, 2.45) is 0 Å². The van der Waals surface area contributed by atoms with Crippen molar-refractivity contribution in [3.05, 3.63) is 34.3 Å². The molecule has 0 heterocycles. The SMILES string of the molecule is COC(=O)NNC(C)(C)Cc1ccccc1Br. The summed E-state index contributed by atoms with van der Waals surface area (Å²) < 4.78 is 5.56. The zero-order valence-corrected chi connectivity index (χ0v) is 11.8. The van der Waals surface area contributed by atoms with Crippen molar-refractivity contribution < 1.29 is 9.53 Å². The third-order valence-electron chi connectivity index (χ3n) is 2.28. The Bertz CT molecular complexity index is 394. The standard InChI is InChI=1S/C12H17BrN2O2/c1-12(2,15-14-11(16)17-3)8-9-6-4-5-7-10(9)13/h4-7,15H,8H2,1-3H3,(H,14,16). The van der Waals surface area contributed by atoms with E-state index < -0.39 is 6.09 Å². The van der Waals surface area contributed by atoms with Crippen molar-refractivity contribution >= 4 is 22.0 Å². The summed E-state index contributed by atoms with van der Waals surface area (Å²) in [6.07, 6.45) is 0.281. The number of hydrogen-bond acceptors (Lipinski definition) is 3. The average molecular weight is 301 g/mol. The lowest BCUT2D eigenvalue weighted by Crippen LogP contribution is -2.51. The summed E-state index contributed by atoms with van der Waals surface area (Å²) in [5, 5.41) is 0. The highest BCUT2D eigenvalue weighted by molar-refractivity contribution is 9.10. The fourth-order valence-corrected chi connectivity index (χ4v) is 1.86. The maximum absolute atomic E-state index is 11.0. The summed E-state index contributed by atoms with van der Waals surface area (Å²) in [5.74, 6) is 0. The molecule has 5 heteroatoms. The van der Waals surface area contributed by atoms with Crippen molar-refractivity contribution in [3.8, 4) is 0 Å². The van der Waals surface area contributed by atoms with Crippen LogP contribution in [0.5, 0.6) is 0 Å². The molecule has 4 nitrogen and oxygen atoms in total. The summed E-state index contributed by atoms with van der Waals surface area (Å²) in [5.41, 5.74) is 6.34. The molecule has 0 bridgehead atoms. The summed E-state index contributed by atoms with van der Waals surface area (Å²) in [6, 6.07) is 8.01. The van der Waals surface area contributed by atoms with E-state index in [4.69, 9.17) is 0 Å². The summed E-state index contributed by atoms with van der Waals surface area (Å²) in [6.45, 7) is 4.00. The van der Waals surface area contributed by atoms with Crippen molar-refractivity contribution in [2.45, 2.75) is 25.8 Å². The van der Waals surface area contributed by atoms with Gasteiger partial charge in [0, 0.05) is 10.0 Å². The van der Waals surface area contributed by atoms with Gasteiger partial charge in [0.05, 0.1) is 7.11 Å². The predicted molar refractivity (Wildman–Crippen MR) is 70.6 cm³/mol. The molecule has 1 aromatic rings. The Morgan fingerprint density at radius 3 is 2.65 bits per heavy atom. The molecule has 0 aliphatic heterocycles. The molecule has 0 saturated heterocycles. The molecule has 0 aliphatic rings. The Labute approximate surface area is 110 Å². The Balaban J connectivity index is 2.60. The maximum atomic E-state index is 11.0. The lowest BCUT2D eigenvalue weighted by Gasteiger charge is -2.26. The fraction of sp³-hybridized carbons (Fsp3) is 0.417. The topological polar surface area (TPSA) is 50.4 Å². The number of rotatable bonds is 4. The zero-order valence-electron chi connectivity index (χ0n) is 10.2. The molecule has 0 radical (unpaired) electrons. The van der Waals surface area contributed by atoms with Crippen LogP contribution in [0.15, 0.2) is 28.7 Å². The summed E-state index contributed by atoms with van der Waals surface area (Å²) in [4.78, 5) is 11.0. The van der Waals surface area contributed by atoms with E-state index in [1.807, 2.05) is 38.1 Å². The molecule has 1 rings (SSSR count). The van der Waals surface area contributed by atoms with Gasteiger partial charge >= 0.3 is 6.09 Å². The van der Waals surface area contributed by atoms with Crippen LogP contribution in [0.4, 0.5) is 4.79 Å². The van der Waals surface area contributed by atoms with Crippen LogP contribution < -0.4 is 10.9 Å². The molecule has 0 atom stereocenters. The number of hydrazine groups is 1. The van der Waals surface area contributed by atoms with Gasteiger partial charge in [-0.05, 0) is 31.9 Å². The van der Waals surface area contributed by atoms with Gasteiger partial charge in [0.2, 0.25) is 0 Å². The van der Waals surface area contributed by atoms with E-state index in [9.17, 15) is 4.79 Å². The van der Waals surface area contributed by atoms with E-state index in [0.29, 0.717) is 0 Å². The second-order valence-electron chi connectivity index (χ2n) is 4.39. The van der Waals surface area contributed by atoms with Crippen molar-refractivity contribution in [3.63, 3.8) is 0 Å². The number of benzene rings is 1. The van der Waals surface area contributed by atoms with Crippen LogP contribution in [-0.4, -0.2) is 18.7 Å². The van der Waals surface area contributed by atoms with E-state index in [1.165, 1.54) is 12.7 Å². The highest BCUT2D eigenvalue weighted by atomic mass is 79.9. The monoisotopic (exact) mass is 300 g/mol. The van der Waals surface area contributed by atoms with Gasteiger partial charge in [0.25, 0.3) is 0 Å². The third-order valence-corrected chi connectivity index (χ3v) is 3.05. The molecule has 1 amide bonds. The fourth-order valence-electron chi connectivity index (χ4n) is 1.43. The Morgan fingerprint density at radius 2 is 2.06 bits per heavy atom. The van der Waals surface area contributed by atoms with E-state index in [0.717, 1.165) is 10.9 Å². The summed E-state index contributed by atoms with van der Waals surface area (Å²) >= 11 is 3.50. The Kier molecular flexibility index (Phi) is 4.96. The lowest BCUT2D eigenvalue weighted by molar-refractivity contribution is 0.158. The number of carbonyl (C=O) groups is 1. The van der Waals surface area contributed by atoms with Gasteiger partial charge in [-0.3, -0.25) is 5.43 Å². The highest BCUT2D eigenvalue weighted by Crippen LogP contribution is 2.20. The van der Waals surface area contributed by atoms with Gasteiger partial charge in [-0.2, -0.15) is 0 Å². The predicted octanol–water partition coefficient (Wildman–Crippen LogP) is 2.63. The zero-order chi connectivity index (χ0) is 12.9. The first kappa shape index (κ1) is 14.0. The molecular weight excluding hydrogens is 284 g/mol. The number of methoxy groups -OCH3 is 1. The van der Waals surface area contributed by atoms with Crippen LogP contribution in [-0.2, 0) is 11.2 Å². The normalized spacial score (nSPS) is 11.1. The lowest BCUT2D eigenvalue weighted by atomic mass is 9.96. The molecule has 0 spiro atoms. The maximum Gasteiger partial charge on any atom is 0.421 e. The number of halogens is 1. The number of nitrogens with one attached hydrogen (secondary N) is 2. The van der Waals surface area contributed by atoms with E-state index in [1.54, 1.807) is 0 Å². The molecular formula is C12H17BrN2O2. The van der Waals surface area contributed by atoms with Crippen LogP contribution >= 0.6 is 15.9 Å². The molecule has 0 aromatic heterocycles. The molecule has 17 heavy (non-hydrogen) atoms. The van der Waals surface area contributed by atoms with Gasteiger partial charge in [-0.25, -0.2) is 10.2 Å². The van der Waals surface area contributed by atoms with Gasteiger partial charge in [-0.15, -0.1) is 0 Å². The minimum Gasteiger partial charge on any atom is -0.452 e. The van der Waals surface area contributed by atoms with Crippen LogP contribution in [0.1, 0.15) is 19.4 Å². The molecule has 0 saturated carbocycles. The van der Waals surface area contributed by atoms with E-state index in [2.05, 4.69) is 31.5 Å². The molecule has 1 aromatic carbocycles. The average Bonchev–Trinajstić information content (AvgIpc) is 2.29. The van der Waals surface area contributed by atoms with Crippen LogP contribution in [0.25, 0.3) is 0 Å². The highest BCUT2D eigenvalue weighted by Gasteiger charge is 2.20. The van der Waals surface area contributed by atoms with Crippen LogP contribution in [0.3, 0.4) is 0 Å². The van der Waals surface area contributed by atoms with Gasteiger partial charge in [0.1, 0.15) is 0 Å². The Morgan fingerprint density at radius 1 is 1.41 bits per heavy atom. The van der Waals surface area contributed by atoms with Gasteiger partial charge in [0.15, 0.2) is 0 Å². The first-order valence-electron chi connectivity index (χ1n) is 5.29. The minimum absolute atomic E-state index is 0.266. The van der Waals surface area contributed by atoms with Crippen molar-refractivity contribution in [2.75, 3.05) is 7.11 Å². The smallest absolute Gasteiger partial charge is 0.421 e. The van der Waals surface area contributed by atoms with Crippen LogP contribution in [0.2, 0.25) is 0 Å². The van der Waals surface area contributed by atoms with E-state index in [-0.39, 0.29) is 5.54 Å². The second kappa shape index (κ2) is 6.02. The minimum atomic E-state index is -0.495. The first-order chi connectivity index (χ1) is 7.94. The largest absolute Gasteiger partial charge is 0.452 e. The van der Waals surface area contributed by atoms with Gasteiger partial charge in [-0.1, -0.05) is 34.1 Å². The molecule has 2 N–H and O–H groups in total. The number of ether oxygens (including phenoxy) is 1. The Hall–Kier alpha value is -1.07. The molecule has 0 aliphatic carbocycles. The van der Waals surface area contributed by atoms with Crippen molar-refractivity contribution in [1.82, 2.24) is 10.9 Å². The number of carbonyl (C=O) groups excluding carboxylic acids is 1. The van der Waals surface area contributed by atoms with Crippen molar-refractivity contribution in [1.29, 1.82) is 0 Å². The quantitative estimate of drug-likeness (QED) is 0.841. The number of amides is 1. The summed E-state index contributed by atoms with van der Waals surface area (Å²) in [7, 11) is 1.33. The van der Waals surface area contributed by atoms with Gasteiger partial charge < -0.3 is 4.74 Å². The molecule has 0 unspecified atom stereocenters. The van der Waals surface area contributed by atoms with Crippen LogP contribution in [0, 0.1) is 0 Å². The van der Waals surface area contributed by atoms with E-state index >= 15 is 0 Å². The molecule has 94 valence electrons. The number of hydrogen-bond donors (Lipinski definition) is 2.